The van der Waals surface area contributed by atoms with Crippen LogP contribution in [0.25, 0.3) is 0 Å². The Bertz CT molecular complexity index is 604. The predicted molar refractivity (Wildman–Crippen MR) is 94.4 cm³/mol. The highest BCUT2D eigenvalue weighted by atomic mass is 16.7. The normalized spacial score (nSPS) is 20.0. The molecular formula is C18H26N4O2. The maximum Gasteiger partial charge on any atom is 0.145 e. The highest BCUT2D eigenvalue weighted by Gasteiger charge is 2.42. The minimum atomic E-state index is -0.151. The number of nitrogens with one attached hydrogen (secondary N) is 1. The van der Waals surface area contributed by atoms with Crippen LogP contribution in [0.5, 0.6) is 0 Å². The first kappa shape index (κ1) is 16.9. The number of benzene rings is 1. The third-order valence-corrected chi connectivity index (χ3v) is 5.02. The first-order valence-corrected chi connectivity index (χ1v) is 8.65. The number of likely N-dealkylation sites (tertiary alicyclic amines) is 1. The second-order valence-electron chi connectivity index (χ2n) is 6.75. The average Bonchev–Trinajstić information content (AvgIpc) is 3.01. The summed E-state index contributed by atoms with van der Waals surface area (Å²) in [5.74, 6) is 0.0798. The maximum absolute atomic E-state index is 8.88. The zero-order valence-corrected chi connectivity index (χ0v) is 14.0. The van der Waals surface area contributed by atoms with Crippen molar-refractivity contribution in [1.29, 1.82) is 5.41 Å². The van der Waals surface area contributed by atoms with E-state index in [-0.39, 0.29) is 18.0 Å². The van der Waals surface area contributed by atoms with Gasteiger partial charge in [0.25, 0.3) is 0 Å². The van der Waals surface area contributed by atoms with E-state index in [4.69, 9.17) is 21.1 Å². The van der Waals surface area contributed by atoms with E-state index in [0.29, 0.717) is 0 Å². The van der Waals surface area contributed by atoms with Crippen molar-refractivity contribution in [3.05, 3.63) is 35.4 Å². The van der Waals surface area contributed by atoms with Crippen LogP contribution < -0.4 is 5.73 Å². The summed E-state index contributed by atoms with van der Waals surface area (Å²) in [5, 5.41) is 20.7. The molecule has 0 aliphatic carbocycles. The Morgan fingerprint density at radius 2 is 1.96 bits per heavy atom. The molecule has 0 bridgehead atoms. The number of nitrogens with zero attached hydrogens (tertiary/aromatic N) is 2. The summed E-state index contributed by atoms with van der Waals surface area (Å²) < 4.78 is 0. The molecule has 1 aromatic rings. The van der Waals surface area contributed by atoms with Gasteiger partial charge in [-0.1, -0.05) is 29.4 Å². The monoisotopic (exact) mass is 330 g/mol. The molecule has 1 saturated heterocycles. The Kier molecular flexibility index (Phi) is 5.16. The minimum absolute atomic E-state index is 0.0798. The van der Waals surface area contributed by atoms with E-state index in [9.17, 15) is 0 Å². The van der Waals surface area contributed by atoms with E-state index in [2.05, 4.69) is 10.1 Å². The van der Waals surface area contributed by atoms with Crippen molar-refractivity contribution >= 4 is 11.5 Å². The summed E-state index contributed by atoms with van der Waals surface area (Å²) in [6.45, 7) is 3.38. The van der Waals surface area contributed by atoms with Crippen LogP contribution >= 0.6 is 0 Å². The number of hydrogen-bond donors (Lipinski definition) is 3. The zero-order valence-electron chi connectivity index (χ0n) is 14.0. The van der Waals surface area contributed by atoms with Gasteiger partial charge in [-0.05, 0) is 24.9 Å². The van der Waals surface area contributed by atoms with E-state index < -0.39 is 0 Å². The number of hydrogen-bond acceptors (Lipinski definition) is 5. The van der Waals surface area contributed by atoms with E-state index in [1.54, 1.807) is 0 Å². The molecular weight excluding hydrogens is 304 g/mol. The molecule has 130 valence electrons. The average molecular weight is 330 g/mol. The van der Waals surface area contributed by atoms with Gasteiger partial charge in [-0.25, -0.2) is 0 Å². The van der Waals surface area contributed by atoms with Crippen LogP contribution in [-0.4, -0.2) is 53.4 Å². The fraction of sp³-hybridized carbons (Fsp3) is 0.556. The lowest BCUT2D eigenvalue weighted by Gasteiger charge is -2.37. The van der Waals surface area contributed by atoms with Gasteiger partial charge in [-0.15, -0.1) is 0 Å². The lowest BCUT2D eigenvalue weighted by Crippen LogP contribution is -2.44. The van der Waals surface area contributed by atoms with Crippen LogP contribution in [0.3, 0.4) is 0 Å². The molecule has 2 aliphatic heterocycles. The summed E-state index contributed by atoms with van der Waals surface area (Å²) in [6, 6.07) is 7.63. The fourth-order valence-corrected chi connectivity index (χ4v) is 3.42. The van der Waals surface area contributed by atoms with Gasteiger partial charge in [-0.2, -0.15) is 0 Å². The van der Waals surface area contributed by atoms with Crippen molar-refractivity contribution in [3.8, 4) is 0 Å². The molecule has 6 heteroatoms. The van der Waals surface area contributed by atoms with Gasteiger partial charge in [0, 0.05) is 44.5 Å². The van der Waals surface area contributed by atoms with Crippen molar-refractivity contribution in [2.45, 2.75) is 37.7 Å². The molecule has 2 aliphatic rings. The zero-order chi connectivity index (χ0) is 17.0. The standard InChI is InChI=1S/C18H26N4O2/c19-17(20)15-5-3-14(4-6-15)16-13-18(24-21-16)7-10-22(11-8-18)9-1-2-12-23/h3-6,23H,1-2,7-13H2,(H3,19,20). The molecule has 0 amide bonds. The number of unbranched alkanes of at least 4 members (excludes halogenated alkanes) is 1. The van der Waals surface area contributed by atoms with Gasteiger partial charge in [0.1, 0.15) is 11.4 Å². The molecule has 1 aromatic carbocycles. The summed E-state index contributed by atoms with van der Waals surface area (Å²) in [6.07, 6.45) is 4.75. The minimum Gasteiger partial charge on any atom is -0.396 e. The first-order chi connectivity index (χ1) is 11.6. The number of nitrogens with two attached hydrogens (primary N) is 1. The second kappa shape index (κ2) is 7.32. The van der Waals surface area contributed by atoms with E-state index >= 15 is 0 Å². The van der Waals surface area contributed by atoms with Crippen LogP contribution in [0.2, 0.25) is 0 Å². The molecule has 3 rings (SSSR count). The number of aliphatic hydroxyl groups excluding tert-OH is 1. The van der Waals surface area contributed by atoms with Crippen molar-refractivity contribution in [2.75, 3.05) is 26.2 Å². The van der Waals surface area contributed by atoms with Crippen LogP contribution in [0.4, 0.5) is 0 Å². The Morgan fingerprint density at radius 3 is 2.58 bits per heavy atom. The van der Waals surface area contributed by atoms with Gasteiger partial charge in [0.2, 0.25) is 0 Å². The van der Waals surface area contributed by atoms with Crippen LogP contribution in [0, 0.1) is 5.41 Å². The van der Waals surface area contributed by atoms with Gasteiger partial charge >= 0.3 is 0 Å². The molecule has 0 unspecified atom stereocenters. The number of nitrogen functional groups attached to an aromatic ring is 1. The van der Waals surface area contributed by atoms with Gasteiger partial charge in [-0.3, -0.25) is 5.41 Å². The predicted octanol–water partition coefficient (Wildman–Crippen LogP) is 1.70. The van der Waals surface area contributed by atoms with Gasteiger partial charge < -0.3 is 20.6 Å². The first-order valence-electron chi connectivity index (χ1n) is 8.65. The summed E-state index contributed by atoms with van der Waals surface area (Å²) in [7, 11) is 0. The third-order valence-electron chi connectivity index (χ3n) is 5.02. The molecule has 0 radical (unpaired) electrons. The Morgan fingerprint density at radius 1 is 1.25 bits per heavy atom. The fourth-order valence-electron chi connectivity index (χ4n) is 3.42. The lowest BCUT2D eigenvalue weighted by atomic mass is 9.85. The summed E-state index contributed by atoms with van der Waals surface area (Å²) in [4.78, 5) is 8.30. The lowest BCUT2D eigenvalue weighted by molar-refractivity contribution is -0.0616. The van der Waals surface area contributed by atoms with Crippen molar-refractivity contribution < 1.29 is 9.94 Å². The SMILES string of the molecule is N=C(N)c1ccc(C2=NOC3(CCN(CCCCO)CC3)C2)cc1. The quantitative estimate of drug-likeness (QED) is 0.420. The molecule has 24 heavy (non-hydrogen) atoms. The maximum atomic E-state index is 8.88. The molecule has 6 nitrogen and oxygen atoms in total. The molecule has 4 N–H and O–H groups in total. The smallest absolute Gasteiger partial charge is 0.145 e. The van der Waals surface area contributed by atoms with Crippen molar-refractivity contribution in [3.63, 3.8) is 0 Å². The molecule has 1 fully saturated rings. The van der Waals surface area contributed by atoms with Crippen LogP contribution in [0.15, 0.2) is 29.4 Å². The van der Waals surface area contributed by atoms with Gasteiger partial charge in [0.15, 0.2) is 0 Å². The van der Waals surface area contributed by atoms with E-state index in [0.717, 1.165) is 68.6 Å². The number of amidine groups is 1. The summed E-state index contributed by atoms with van der Waals surface area (Å²) >= 11 is 0. The highest BCUT2D eigenvalue weighted by Crippen LogP contribution is 2.36. The largest absolute Gasteiger partial charge is 0.396 e. The second-order valence-corrected chi connectivity index (χ2v) is 6.75. The molecule has 2 heterocycles. The van der Waals surface area contributed by atoms with E-state index in [1.165, 1.54) is 0 Å². The van der Waals surface area contributed by atoms with Crippen LogP contribution in [-0.2, 0) is 4.84 Å². The van der Waals surface area contributed by atoms with Gasteiger partial charge in [0.05, 0.1) is 5.71 Å². The Hall–Kier alpha value is -1.92. The molecule has 1 spiro atoms. The van der Waals surface area contributed by atoms with Crippen molar-refractivity contribution in [2.24, 2.45) is 10.9 Å². The number of oxime groups is 1. The summed E-state index contributed by atoms with van der Waals surface area (Å²) in [5.41, 5.74) is 8.10. The van der Waals surface area contributed by atoms with Crippen molar-refractivity contribution in [1.82, 2.24) is 4.90 Å². The topological polar surface area (TPSA) is 94.9 Å². The molecule has 0 saturated carbocycles. The number of rotatable bonds is 6. The third kappa shape index (κ3) is 3.76. The highest BCUT2D eigenvalue weighted by molar-refractivity contribution is 6.03. The van der Waals surface area contributed by atoms with Crippen LogP contribution in [0.1, 0.15) is 43.2 Å². The molecule has 0 atom stereocenters. The van der Waals surface area contributed by atoms with E-state index in [1.807, 2.05) is 24.3 Å². The Labute approximate surface area is 142 Å². The Balaban J connectivity index is 1.54. The number of aliphatic hydroxyl groups is 1. The molecule has 0 aromatic heterocycles. The number of piperidine rings is 1.